The minimum Gasteiger partial charge on any atom is -0.496 e. The lowest BCUT2D eigenvalue weighted by Crippen LogP contribution is -1.89. The van der Waals surface area contributed by atoms with E-state index in [1.165, 1.54) is 6.33 Å². The number of methoxy groups -OCH3 is 1. The first-order valence-corrected chi connectivity index (χ1v) is 6.07. The molecule has 0 aliphatic carbocycles. The number of hydrogen-bond donors (Lipinski definition) is 1. The second-order valence-electron chi connectivity index (χ2n) is 3.69. The summed E-state index contributed by atoms with van der Waals surface area (Å²) < 4.78 is 6.31. The lowest BCUT2D eigenvalue weighted by atomic mass is 10.2. The molecule has 2 heterocycles. The van der Waals surface area contributed by atoms with Crippen molar-refractivity contribution in [3.63, 3.8) is 0 Å². The highest BCUT2D eigenvalue weighted by molar-refractivity contribution is 9.10. The lowest BCUT2D eigenvalue weighted by Gasteiger charge is -2.06. The Bertz CT molecular complexity index is 677. The Balaban J connectivity index is 2.19. The summed E-state index contributed by atoms with van der Waals surface area (Å²) in [5.74, 6) is 1.46. The largest absolute Gasteiger partial charge is 0.496 e. The molecule has 1 aromatic carbocycles. The maximum absolute atomic E-state index is 5.35. The van der Waals surface area contributed by atoms with Crippen molar-refractivity contribution in [3.8, 4) is 17.1 Å². The van der Waals surface area contributed by atoms with Gasteiger partial charge < -0.3 is 9.72 Å². The number of H-pyrrole nitrogens is 1. The number of benzene rings is 1. The van der Waals surface area contributed by atoms with Gasteiger partial charge in [0.15, 0.2) is 5.65 Å². The number of hydrogen-bond acceptors (Lipinski definition) is 4. The van der Waals surface area contributed by atoms with Crippen LogP contribution in [0.3, 0.4) is 0 Å². The molecule has 0 aliphatic rings. The van der Waals surface area contributed by atoms with Crippen LogP contribution in [0.25, 0.3) is 22.6 Å². The summed E-state index contributed by atoms with van der Waals surface area (Å²) in [4.78, 5) is 15.6. The Labute approximate surface area is 111 Å². The van der Waals surface area contributed by atoms with Crippen LogP contribution in [0.4, 0.5) is 0 Å². The normalized spacial score (nSPS) is 10.8. The van der Waals surface area contributed by atoms with Crippen molar-refractivity contribution in [2.24, 2.45) is 0 Å². The molecule has 0 amide bonds. The zero-order valence-corrected chi connectivity index (χ0v) is 11.1. The van der Waals surface area contributed by atoms with Crippen LogP contribution < -0.4 is 4.74 Å². The lowest BCUT2D eigenvalue weighted by molar-refractivity contribution is 0.416. The van der Waals surface area contributed by atoms with Crippen LogP contribution in [0.15, 0.2) is 35.2 Å². The zero-order chi connectivity index (χ0) is 12.5. The fourth-order valence-electron chi connectivity index (χ4n) is 1.75. The maximum Gasteiger partial charge on any atom is 0.181 e. The topological polar surface area (TPSA) is 63.7 Å². The molecule has 1 N–H and O–H groups in total. The molecule has 0 radical (unpaired) electrons. The number of fused-ring (bicyclic) bond motifs is 1. The molecular formula is C12H9BrN4O. The van der Waals surface area contributed by atoms with E-state index < -0.39 is 0 Å². The van der Waals surface area contributed by atoms with E-state index in [-0.39, 0.29) is 0 Å². The van der Waals surface area contributed by atoms with E-state index >= 15 is 0 Å². The molecule has 0 fully saturated rings. The Morgan fingerprint density at radius 1 is 1.33 bits per heavy atom. The van der Waals surface area contributed by atoms with E-state index in [0.29, 0.717) is 5.65 Å². The summed E-state index contributed by atoms with van der Waals surface area (Å²) >= 11 is 3.41. The third-order valence-electron chi connectivity index (χ3n) is 2.58. The van der Waals surface area contributed by atoms with E-state index in [1.807, 2.05) is 18.2 Å². The smallest absolute Gasteiger partial charge is 0.181 e. The van der Waals surface area contributed by atoms with Gasteiger partial charge in [-0.15, -0.1) is 0 Å². The quantitative estimate of drug-likeness (QED) is 0.791. The van der Waals surface area contributed by atoms with Gasteiger partial charge in [0, 0.05) is 4.47 Å². The molecule has 0 spiro atoms. The molecule has 18 heavy (non-hydrogen) atoms. The minimum atomic E-state index is 0.643. The highest BCUT2D eigenvalue weighted by Crippen LogP contribution is 2.31. The molecule has 2 aromatic heterocycles. The highest BCUT2D eigenvalue weighted by atomic mass is 79.9. The average molecular weight is 305 g/mol. The molecule has 3 rings (SSSR count). The number of ether oxygens (including phenoxy) is 1. The number of aromatic amines is 1. The Morgan fingerprint density at radius 2 is 2.22 bits per heavy atom. The first-order chi connectivity index (χ1) is 8.78. The number of nitrogens with one attached hydrogen (secondary N) is 1. The van der Waals surface area contributed by atoms with Gasteiger partial charge in [0.05, 0.1) is 18.9 Å². The molecule has 5 nitrogen and oxygen atoms in total. The summed E-state index contributed by atoms with van der Waals surface area (Å²) in [6.45, 7) is 0. The maximum atomic E-state index is 5.35. The first-order valence-electron chi connectivity index (χ1n) is 5.27. The fraction of sp³-hybridized carbons (Fsp3) is 0.0833. The van der Waals surface area contributed by atoms with Gasteiger partial charge in [-0.2, -0.15) is 0 Å². The number of aromatic nitrogens is 4. The van der Waals surface area contributed by atoms with Gasteiger partial charge in [0.25, 0.3) is 0 Å². The molecule has 0 bridgehead atoms. The van der Waals surface area contributed by atoms with Gasteiger partial charge >= 0.3 is 0 Å². The van der Waals surface area contributed by atoms with Gasteiger partial charge in [-0.05, 0) is 18.2 Å². The van der Waals surface area contributed by atoms with E-state index in [2.05, 4.69) is 35.9 Å². The van der Waals surface area contributed by atoms with Gasteiger partial charge in [-0.1, -0.05) is 15.9 Å². The number of imidazole rings is 1. The van der Waals surface area contributed by atoms with Gasteiger partial charge in [0.2, 0.25) is 0 Å². The van der Waals surface area contributed by atoms with E-state index in [0.717, 1.165) is 27.1 Å². The van der Waals surface area contributed by atoms with Gasteiger partial charge in [0.1, 0.15) is 23.4 Å². The summed E-state index contributed by atoms with van der Waals surface area (Å²) in [7, 11) is 1.63. The number of rotatable bonds is 2. The van der Waals surface area contributed by atoms with Crippen LogP contribution >= 0.6 is 15.9 Å². The van der Waals surface area contributed by atoms with Crippen molar-refractivity contribution in [3.05, 3.63) is 35.2 Å². The predicted molar refractivity (Wildman–Crippen MR) is 71.4 cm³/mol. The third kappa shape index (κ3) is 1.84. The third-order valence-corrected chi connectivity index (χ3v) is 3.07. The van der Waals surface area contributed by atoms with Crippen LogP contribution in [-0.2, 0) is 0 Å². The Hall–Kier alpha value is -1.95. The second-order valence-corrected chi connectivity index (χ2v) is 4.61. The summed E-state index contributed by atoms with van der Waals surface area (Å²) in [6, 6.07) is 5.78. The van der Waals surface area contributed by atoms with Crippen molar-refractivity contribution < 1.29 is 4.74 Å². The Kier molecular flexibility index (Phi) is 2.71. The molecule has 0 saturated carbocycles. The van der Waals surface area contributed by atoms with Crippen LogP contribution in [0.2, 0.25) is 0 Å². The van der Waals surface area contributed by atoms with E-state index in [4.69, 9.17) is 4.74 Å². The highest BCUT2D eigenvalue weighted by Gasteiger charge is 2.11. The monoisotopic (exact) mass is 304 g/mol. The molecule has 0 saturated heterocycles. The molecule has 0 unspecified atom stereocenters. The zero-order valence-electron chi connectivity index (χ0n) is 9.51. The van der Waals surface area contributed by atoms with Crippen molar-refractivity contribution in [2.75, 3.05) is 7.11 Å². The van der Waals surface area contributed by atoms with Crippen molar-refractivity contribution in [1.82, 2.24) is 19.9 Å². The van der Waals surface area contributed by atoms with Crippen LogP contribution in [0.5, 0.6) is 5.75 Å². The average Bonchev–Trinajstić information content (AvgIpc) is 2.82. The fourth-order valence-corrected chi connectivity index (χ4v) is 2.09. The SMILES string of the molecule is COc1cc(Br)ccc1-c1nc2ncncc2[nH]1. The van der Waals surface area contributed by atoms with Gasteiger partial charge in [-0.25, -0.2) is 15.0 Å². The van der Waals surface area contributed by atoms with E-state index in [9.17, 15) is 0 Å². The van der Waals surface area contributed by atoms with Crippen LogP contribution in [-0.4, -0.2) is 27.0 Å². The first kappa shape index (κ1) is 11.2. The van der Waals surface area contributed by atoms with Crippen LogP contribution in [0, 0.1) is 0 Å². The summed E-state index contributed by atoms with van der Waals surface area (Å²) in [5.41, 5.74) is 2.33. The Morgan fingerprint density at radius 3 is 3.00 bits per heavy atom. The molecule has 0 atom stereocenters. The summed E-state index contributed by atoms with van der Waals surface area (Å²) in [5, 5.41) is 0. The molecular weight excluding hydrogens is 296 g/mol. The minimum absolute atomic E-state index is 0.643. The molecule has 6 heteroatoms. The van der Waals surface area contributed by atoms with E-state index in [1.54, 1.807) is 13.3 Å². The van der Waals surface area contributed by atoms with Crippen molar-refractivity contribution in [2.45, 2.75) is 0 Å². The predicted octanol–water partition coefficient (Wildman–Crippen LogP) is 2.79. The molecule has 90 valence electrons. The number of nitrogens with zero attached hydrogens (tertiary/aromatic N) is 3. The second kappa shape index (κ2) is 4.38. The summed E-state index contributed by atoms with van der Waals surface area (Å²) in [6.07, 6.45) is 3.18. The van der Waals surface area contributed by atoms with Crippen molar-refractivity contribution >= 4 is 27.1 Å². The number of halogens is 1. The van der Waals surface area contributed by atoms with Crippen LogP contribution in [0.1, 0.15) is 0 Å². The molecule has 0 aliphatic heterocycles. The molecule has 3 aromatic rings. The van der Waals surface area contributed by atoms with Gasteiger partial charge in [-0.3, -0.25) is 0 Å². The van der Waals surface area contributed by atoms with Crippen molar-refractivity contribution in [1.29, 1.82) is 0 Å². The standard InChI is InChI=1S/C12H9BrN4O/c1-18-10-4-7(13)2-3-8(10)11-16-9-5-14-6-15-12(9)17-11/h2-6H,1H3,(H,14,15,16,17).